The molecule has 4 fully saturated rings. The fourth-order valence-corrected chi connectivity index (χ4v) is 9.09. The summed E-state index contributed by atoms with van der Waals surface area (Å²) in [4.78, 5) is 13.4. The van der Waals surface area contributed by atoms with Crippen LogP contribution in [0, 0.1) is 64.0 Å². The largest absolute Gasteiger partial charge is 0.484 e. The number of benzene rings is 1. The Balaban J connectivity index is 1.30. The lowest BCUT2D eigenvalue weighted by molar-refractivity contribution is -0.134. The number of halogens is 1. The van der Waals surface area contributed by atoms with Gasteiger partial charge in [0.1, 0.15) is 24.2 Å². The molecule has 0 bridgehead atoms. The number of ketones is 1. The molecule has 4 aliphatic carbocycles. The van der Waals surface area contributed by atoms with Crippen molar-refractivity contribution in [3.05, 3.63) is 29.6 Å². The predicted octanol–water partition coefficient (Wildman–Crippen LogP) is 5.91. The van der Waals surface area contributed by atoms with Crippen molar-refractivity contribution in [1.29, 1.82) is 5.26 Å². The van der Waals surface area contributed by atoms with Crippen LogP contribution in [-0.2, 0) is 4.79 Å². The Morgan fingerprint density at radius 1 is 1.18 bits per heavy atom. The maximum Gasteiger partial charge on any atom is 0.173 e. The predicted molar refractivity (Wildman–Crippen MR) is 127 cm³/mol. The minimum atomic E-state index is -0.495. The van der Waals surface area contributed by atoms with E-state index in [1.165, 1.54) is 31.4 Å². The molecule has 5 heteroatoms. The number of fused-ring (bicyclic) bond motifs is 5. The number of ether oxygens (including phenoxy) is 1. The van der Waals surface area contributed by atoms with Gasteiger partial charge in [-0.3, -0.25) is 4.79 Å². The molecule has 1 N–H and O–H groups in total. The zero-order valence-corrected chi connectivity index (χ0v) is 20.7. The number of aliphatic hydroxyl groups is 1. The molecule has 1 aromatic carbocycles. The first-order chi connectivity index (χ1) is 16.1. The lowest BCUT2D eigenvalue weighted by atomic mass is 9.48. The van der Waals surface area contributed by atoms with Gasteiger partial charge < -0.3 is 9.84 Å². The van der Waals surface area contributed by atoms with Crippen molar-refractivity contribution in [3.8, 4) is 11.8 Å². The van der Waals surface area contributed by atoms with Crippen molar-refractivity contribution in [3.63, 3.8) is 0 Å². The van der Waals surface area contributed by atoms with Crippen LogP contribution >= 0.6 is 0 Å². The molecular formula is C29H38FNO3. The third kappa shape index (κ3) is 3.96. The summed E-state index contributed by atoms with van der Waals surface area (Å²) in [5.41, 5.74) is -0.374. The van der Waals surface area contributed by atoms with E-state index >= 15 is 0 Å². The standard InChI is InChI=1S/C29H38FNO3/c1-17-12-24(25(32)16-34-26-7-5-20(30)13-19(26)15-31)29(3)11-9-22-21-8-10-28(2,33)14-18(21)4-6-23(22)27(17)29/h5,7,13,17-18,21-24,27,33H,4,6,8-12,14,16H2,1-3H3/t17-,18-,21+,22-,23-,24-,27+,28-,29-/m1/s1. The van der Waals surface area contributed by atoms with Gasteiger partial charge in [0.15, 0.2) is 5.78 Å². The van der Waals surface area contributed by atoms with Crippen molar-refractivity contribution < 1.29 is 19.0 Å². The molecule has 5 rings (SSSR count). The molecule has 4 nitrogen and oxygen atoms in total. The monoisotopic (exact) mass is 467 g/mol. The van der Waals surface area contributed by atoms with Crippen LogP contribution in [0.4, 0.5) is 4.39 Å². The molecule has 0 aliphatic heterocycles. The summed E-state index contributed by atoms with van der Waals surface area (Å²) in [5, 5.41) is 19.9. The molecule has 0 saturated heterocycles. The normalized spacial score (nSPS) is 43.2. The molecule has 34 heavy (non-hydrogen) atoms. The lowest BCUT2D eigenvalue weighted by Crippen LogP contribution is -2.52. The van der Waals surface area contributed by atoms with Crippen molar-refractivity contribution >= 4 is 5.78 Å². The summed E-state index contributed by atoms with van der Waals surface area (Å²) in [7, 11) is 0. The molecule has 0 spiro atoms. The first kappa shape index (κ1) is 23.8. The van der Waals surface area contributed by atoms with Crippen LogP contribution in [0.25, 0.3) is 0 Å². The van der Waals surface area contributed by atoms with Crippen LogP contribution in [0.15, 0.2) is 18.2 Å². The van der Waals surface area contributed by atoms with Crippen LogP contribution in [0.1, 0.15) is 77.7 Å². The van der Waals surface area contributed by atoms with E-state index in [9.17, 15) is 19.6 Å². The van der Waals surface area contributed by atoms with Gasteiger partial charge in [-0.15, -0.1) is 0 Å². The second-order valence-electron chi connectivity index (χ2n) is 12.4. The third-order valence-electron chi connectivity index (χ3n) is 10.4. The Kier molecular flexibility index (Phi) is 6.04. The Labute approximate surface area is 202 Å². The molecule has 0 heterocycles. The number of Topliss-reactive ketones (excluding diaryl/α,β-unsaturated/α-hetero) is 1. The maximum absolute atomic E-state index is 13.4. The molecule has 0 radical (unpaired) electrons. The molecule has 9 atom stereocenters. The highest BCUT2D eigenvalue weighted by molar-refractivity contribution is 5.84. The second kappa shape index (κ2) is 8.63. The topological polar surface area (TPSA) is 70.3 Å². The molecule has 0 unspecified atom stereocenters. The second-order valence-corrected chi connectivity index (χ2v) is 12.4. The van der Waals surface area contributed by atoms with E-state index in [1.54, 1.807) is 0 Å². The molecular weight excluding hydrogens is 429 g/mol. The summed E-state index contributed by atoms with van der Waals surface area (Å²) in [6, 6.07) is 5.81. The average molecular weight is 468 g/mol. The molecule has 0 amide bonds. The number of nitriles is 1. The number of carbonyl (C=O) groups excluding carboxylic acids is 1. The van der Waals surface area contributed by atoms with Gasteiger partial charge in [-0.05, 0) is 117 Å². The fourth-order valence-electron chi connectivity index (χ4n) is 9.09. The van der Waals surface area contributed by atoms with Gasteiger partial charge in [-0.25, -0.2) is 4.39 Å². The molecule has 0 aromatic heterocycles. The van der Waals surface area contributed by atoms with Crippen LogP contribution in [0.2, 0.25) is 0 Å². The van der Waals surface area contributed by atoms with Crippen molar-refractivity contribution in [2.75, 3.05) is 6.61 Å². The minimum Gasteiger partial charge on any atom is -0.484 e. The quantitative estimate of drug-likeness (QED) is 0.597. The minimum absolute atomic E-state index is 0.00508. The van der Waals surface area contributed by atoms with E-state index in [-0.39, 0.29) is 35.0 Å². The van der Waals surface area contributed by atoms with Gasteiger partial charge in [0.05, 0.1) is 11.2 Å². The zero-order valence-electron chi connectivity index (χ0n) is 20.7. The van der Waals surface area contributed by atoms with E-state index < -0.39 is 11.4 Å². The summed E-state index contributed by atoms with van der Waals surface area (Å²) >= 11 is 0. The summed E-state index contributed by atoms with van der Waals surface area (Å²) in [5.74, 6) is 3.76. The first-order valence-corrected chi connectivity index (χ1v) is 13.2. The van der Waals surface area contributed by atoms with Crippen molar-refractivity contribution in [2.24, 2.45) is 46.8 Å². The molecule has 184 valence electrons. The molecule has 4 aliphatic rings. The molecule has 1 aromatic rings. The van der Waals surface area contributed by atoms with Crippen LogP contribution in [0.5, 0.6) is 5.75 Å². The van der Waals surface area contributed by atoms with Crippen molar-refractivity contribution in [2.45, 2.75) is 77.7 Å². The number of hydrogen-bond acceptors (Lipinski definition) is 4. The van der Waals surface area contributed by atoms with Crippen LogP contribution in [-0.4, -0.2) is 23.1 Å². The van der Waals surface area contributed by atoms with Crippen molar-refractivity contribution in [1.82, 2.24) is 0 Å². The Bertz CT molecular complexity index is 1000. The molecule has 4 saturated carbocycles. The highest BCUT2D eigenvalue weighted by Crippen LogP contribution is 2.66. The summed E-state index contributed by atoms with van der Waals surface area (Å²) < 4.78 is 19.2. The Hall–Kier alpha value is -1.93. The van der Waals surface area contributed by atoms with E-state index in [0.29, 0.717) is 23.7 Å². The van der Waals surface area contributed by atoms with Crippen LogP contribution < -0.4 is 4.74 Å². The summed E-state index contributed by atoms with van der Waals surface area (Å²) in [6.07, 6.45) is 8.63. The number of hydrogen-bond donors (Lipinski definition) is 1. The van der Waals surface area contributed by atoms with E-state index in [4.69, 9.17) is 4.74 Å². The number of carbonyl (C=O) groups is 1. The van der Waals surface area contributed by atoms with E-state index in [1.807, 2.05) is 13.0 Å². The van der Waals surface area contributed by atoms with Gasteiger partial charge in [0, 0.05) is 5.92 Å². The van der Waals surface area contributed by atoms with E-state index in [2.05, 4.69) is 13.8 Å². The van der Waals surface area contributed by atoms with Gasteiger partial charge in [-0.1, -0.05) is 13.8 Å². The highest BCUT2D eigenvalue weighted by Gasteiger charge is 2.61. The maximum atomic E-state index is 13.4. The van der Waals surface area contributed by atoms with E-state index in [0.717, 1.165) is 50.0 Å². The Morgan fingerprint density at radius 3 is 2.71 bits per heavy atom. The van der Waals surface area contributed by atoms with Gasteiger partial charge in [0.2, 0.25) is 0 Å². The lowest BCUT2D eigenvalue weighted by Gasteiger charge is -2.57. The summed E-state index contributed by atoms with van der Waals surface area (Å²) in [6.45, 7) is 6.63. The highest BCUT2D eigenvalue weighted by atomic mass is 19.1. The SMILES string of the molecule is C[C@@H]1C[C@H](C(=O)COc2ccc(F)cc2C#N)[C@@]2(C)CC[C@H]3[C@@H](CC[C@@H]4C[C@](C)(O)CC[C@@H]43)[C@H]12. The number of nitrogens with zero attached hydrogens (tertiary/aromatic N) is 1. The average Bonchev–Trinajstić information content (AvgIpc) is 3.07. The third-order valence-corrected chi connectivity index (χ3v) is 10.4. The zero-order chi connectivity index (χ0) is 24.3. The number of rotatable bonds is 4. The fraction of sp³-hybridized carbons (Fsp3) is 0.724. The van der Waals surface area contributed by atoms with Crippen LogP contribution in [0.3, 0.4) is 0 Å². The van der Waals surface area contributed by atoms with Gasteiger partial charge in [0.25, 0.3) is 0 Å². The smallest absolute Gasteiger partial charge is 0.173 e. The first-order valence-electron chi connectivity index (χ1n) is 13.2. The Morgan fingerprint density at radius 2 is 1.94 bits per heavy atom. The van der Waals surface area contributed by atoms with Gasteiger partial charge in [-0.2, -0.15) is 5.26 Å². The van der Waals surface area contributed by atoms with Gasteiger partial charge >= 0.3 is 0 Å².